The van der Waals surface area contributed by atoms with E-state index in [9.17, 15) is 13.2 Å². The van der Waals surface area contributed by atoms with Crippen molar-refractivity contribution < 1.29 is 22.7 Å². The fraction of sp³-hybridized carbons (Fsp3) is 0.522. The van der Waals surface area contributed by atoms with Gasteiger partial charge in [-0.1, -0.05) is 24.3 Å². The summed E-state index contributed by atoms with van der Waals surface area (Å²) >= 11 is 1.44. The highest BCUT2D eigenvalue weighted by atomic mass is 32.2. The maximum atomic E-state index is 13.4. The first-order chi connectivity index (χ1) is 14.6. The molecule has 1 unspecified atom stereocenters. The molecule has 6 nitrogen and oxygen atoms in total. The summed E-state index contributed by atoms with van der Waals surface area (Å²) in [6.07, 6.45) is 0.155. The van der Waals surface area contributed by atoms with Crippen LogP contribution in [0.3, 0.4) is 0 Å². The summed E-state index contributed by atoms with van der Waals surface area (Å²) in [5.41, 5.74) is 1.41. The molecule has 0 saturated carbocycles. The number of ether oxygens (including phenoxy) is 2. The molecule has 1 saturated heterocycles. The third-order valence-corrected chi connectivity index (χ3v) is 9.27. The van der Waals surface area contributed by atoms with Crippen LogP contribution in [0.4, 0.5) is 0 Å². The zero-order valence-electron chi connectivity index (χ0n) is 18.6. The quantitative estimate of drug-likeness (QED) is 0.652. The van der Waals surface area contributed by atoms with E-state index in [-0.39, 0.29) is 12.2 Å². The van der Waals surface area contributed by atoms with Crippen molar-refractivity contribution in [3.05, 3.63) is 46.8 Å². The monoisotopic (exact) mass is 465 g/mol. The number of benzene rings is 1. The van der Waals surface area contributed by atoms with Crippen LogP contribution < -0.4 is 5.32 Å². The van der Waals surface area contributed by atoms with Crippen LogP contribution >= 0.6 is 11.3 Å². The lowest BCUT2D eigenvalue weighted by atomic mass is 9.97. The molecule has 0 aliphatic carbocycles. The van der Waals surface area contributed by atoms with Crippen LogP contribution in [0.2, 0.25) is 0 Å². The van der Waals surface area contributed by atoms with E-state index in [4.69, 9.17) is 9.47 Å². The second-order valence-electron chi connectivity index (χ2n) is 8.87. The summed E-state index contributed by atoms with van der Waals surface area (Å²) in [4.78, 5) is 14.4. The average Bonchev–Trinajstić information content (AvgIpc) is 3.11. The van der Waals surface area contributed by atoms with Gasteiger partial charge < -0.3 is 14.8 Å². The number of thiophene rings is 1. The Bertz CT molecular complexity index is 1010. The lowest BCUT2D eigenvalue weighted by molar-refractivity contribution is -0.155. The number of rotatable bonds is 6. The first kappa shape index (κ1) is 23.9. The first-order valence-electron chi connectivity index (χ1n) is 10.4. The molecule has 1 fully saturated rings. The van der Waals surface area contributed by atoms with Gasteiger partial charge in [0.15, 0.2) is 9.84 Å². The van der Waals surface area contributed by atoms with Crippen LogP contribution in [-0.4, -0.2) is 45.9 Å². The highest BCUT2D eigenvalue weighted by Gasteiger charge is 2.49. The number of methoxy groups -OCH3 is 1. The zero-order valence-corrected chi connectivity index (χ0v) is 20.2. The molecule has 1 aromatic heterocycles. The van der Waals surface area contributed by atoms with Crippen LogP contribution in [0.25, 0.3) is 10.4 Å². The minimum atomic E-state index is -3.58. The number of hydrogen-bond acceptors (Lipinski definition) is 7. The third kappa shape index (κ3) is 5.55. The minimum Gasteiger partial charge on any atom is -0.460 e. The van der Waals surface area contributed by atoms with Crippen molar-refractivity contribution in [1.29, 1.82) is 0 Å². The van der Waals surface area contributed by atoms with Gasteiger partial charge in [-0.25, -0.2) is 8.42 Å². The molecule has 0 bridgehead atoms. The van der Waals surface area contributed by atoms with Crippen LogP contribution in [0, 0.1) is 0 Å². The molecule has 1 aromatic carbocycles. The van der Waals surface area contributed by atoms with Gasteiger partial charge in [-0.15, -0.1) is 11.3 Å². The van der Waals surface area contributed by atoms with Crippen molar-refractivity contribution in [1.82, 2.24) is 5.32 Å². The van der Waals surface area contributed by atoms with Crippen molar-refractivity contribution >= 4 is 27.1 Å². The minimum absolute atomic E-state index is 0.00521. The number of esters is 1. The van der Waals surface area contributed by atoms with E-state index in [0.717, 1.165) is 16.0 Å². The molecule has 31 heavy (non-hydrogen) atoms. The summed E-state index contributed by atoms with van der Waals surface area (Å²) in [5, 5.41) is 3.17. The van der Waals surface area contributed by atoms with E-state index in [1.807, 2.05) is 36.4 Å². The fourth-order valence-corrected chi connectivity index (χ4v) is 7.37. The summed E-state index contributed by atoms with van der Waals surface area (Å²) in [7, 11) is -1.92. The Hall–Kier alpha value is -1.74. The predicted molar refractivity (Wildman–Crippen MR) is 124 cm³/mol. The third-order valence-electron chi connectivity index (χ3n) is 5.30. The molecule has 1 N–H and O–H groups in total. The van der Waals surface area contributed by atoms with Gasteiger partial charge in [-0.2, -0.15) is 0 Å². The van der Waals surface area contributed by atoms with Gasteiger partial charge >= 0.3 is 5.97 Å². The molecule has 0 spiro atoms. The lowest BCUT2D eigenvalue weighted by Crippen LogP contribution is -2.40. The molecule has 8 heteroatoms. The summed E-state index contributed by atoms with van der Waals surface area (Å²) in [5.74, 6) is -0.494. The molecule has 1 atom stereocenters. The molecular weight excluding hydrogens is 434 g/mol. The highest BCUT2D eigenvalue weighted by molar-refractivity contribution is 7.92. The molecule has 0 amide bonds. The fourth-order valence-electron chi connectivity index (χ4n) is 3.82. The Kier molecular flexibility index (Phi) is 7.25. The van der Waals surface area contributed by atoms with Crippen LogP contribution in [0.5, 0.6) is 0 Å². The van der Waals surface area contributed by atoms with Gasteiger partial charge in [-0.05, 0) is 57.0 Å². The summed E-state index contributed by atoms with van der Waals surface area (Å²) in [6, 6.07) is 11.8. The normalized spacial score (nSPS) is 21.4. The maximum Gasteiger partial charge on any atom is 0.308 e. The predicted octanol–water partition coefficient (Wildman–Crippen LogP) is 3.90. The highest BCUT2D eigenvalue weighted by Crippen LogP contribution is 2.45. The maximum absolute atomic E-state index is 13.4. The number of carbonyl (C=O) groups is 1. The molecule has 2 aromatic rings. The van der Waals surface area contributed by atoms with E-state index >= 15 is 0 Å². The van der Waals surface area contributed by atoms with E-state index in [2.05, 4.69) is 5.32 Å². The van der Waals surface area contributed by atoms with Crippen molar-refractivity contribution in [2.24, 2.45) is 0 Å². The van der Waals surface area contributed by atoms with Crippen molar-refractivity contribution in [3.8, 4) is 10.4 Å². The van der Waals surface area contributed by atoms with Gasteiger partial charge in [0.05, 0.1) is 18.8 Å². The first-order valence-corrected chi connectivity index (χ1v) is 12.9. The van der Waals surface area contributed by atoms with Crippen molar-refractivity contribution in [2.75, 3.05) is 26.0 Å². The molecule has 1 aliphatic heterocycles. The van der Waals surface area contributed by atoms with Crippen LogP contribution in [0.1, 0.15) is 44.1 Å². The second-order valence-corrected chi connectivity index (χ2v) is 12.4. The molecule has 170 valence electrons. The molecule has 0 radical (unpaired) electrons. The Morgan fingerprint density at radius 3 is 2.48 bits per heavy atom. The molecule has 3 rings (SSSR count). The summed E-state index contributed by atoms with van der Waals surface area (Å²) < 4.78 is 36.3. The standard InChI is InChI=1S/C23H31NO5S2/c1-22(2,3)29-21(25)15-23(11-12-24-13-14-31(23,26)27)20-10-9-19(30-20)18-7-5-17(6-8-18)16-28-4/h5-10,24H,11-16H2,1-4H3. The van der Waals surface area contributed by atoms with E-state index in [1.54, 1.807) is 27.9 Å². The Labute approximate surface area is 188 Å². The van der Waals surface area contributed by atoms with E-state index in [1.165, 1.54) is 11.3 Å². The molecular formula is C23H31NO5S2. The van der Waals surface area contributed by atoms with Crippen molar-refractivity contribution in [3.63, 3.8) is 0 Å². The lowest BCUT2D eigenvalue weighted by Gasteiger charge is -2.31. The van der Waals surface area contributed by atoms with Gasteiger partial charge in [0.2, 0.25) is 0 Å². The number of hydrogen-bond donors (Lipinski definition) is 1. The van der Waals surface area contributed by atoms with Gasteiger partial charge in [-0.3, -0.25) is 4.79 Å². The number of carbonyl (C=O) groups excluding carboxylic acids is 1. The largest absolute Gasteiger partial charge is 0.460 e. The van der Waals surface area contributed by atoms with E-state index in [0.29, 0.717) is 31.0 Å². The smallest absolute Gasteiger partial charge is 0.308 e. The topological polar surface area (TPSA) is 81.7 Å². The Balaban J connectivity index is 1.99. The van der Waals surface area contributed by atoms with Gasteiger partial charge in [0.25, 0.3) is 0 Å². The van der Waals surface area contributed by atoms with Crippen molar-refractivity contribution in [2.45, 2.75) is 50.6 Å². The average molecular weight is 466 g/mol. The Morgan fingerprint density at radius 1 is 1.13 bits per heavy atom. The second kappa shape index (κ2) is 9.40. The van der Waals surface area contributed by atoms with Crippen LogP contribution in [-0.2, 0) is 35.5 Å². The molecule has 2 heterocycles. The van der Waals surface area contributed by atoms with E-state index < -0.39 is 26.2 Å². The molecule has 1 aliphatic rings. The Morgan fingerprint density at radius 2 is 1.84 bits per heavy atom. The number of nitrogens with one attached hydrogen (secondary N) is 1. The number of sulfone groups is 1. The zero-order chi connectivity index (χ0) is 22.7. The SMILES string of the molecule is COCc1ccc(-c2ccc(C3(CC(=O)OC(C)(C)C)CCNCCS3(=O)=O)s2)cc1. The van der Waals surface area contributed by atoms with Crippen LogP contribution in [0.15, 0.2) is 36.4 Å². The summed E-state index contributed by atoms with van der Waals surface area (Å²) in [6.45, 7) is 6.82. The van der Waals surface area contributed by atoms with Gasteiger partial charge in [0, 0.05) is 23.4 Å². The van der Waals surface area contributed by atoms with Gasteiger partial charge in [0.1, 0.15) is 10.3 Å².